The Bertz CT molecular complexity index is 1120. The predicted octanol–water partition coefficient (Wildman–Crippen LogP) is 3.12. The Hall–Kier alpha value is -2.46. The van der Waals surface area contributed by atoms with Gasteiger partial charge in [-0.3, -0.25) is 9.48 Å². The molecule has 1 aromatic heterocycles. The number of nitrogens with zero attached hydrogens (tertiary/aromatic N) is 4. The molecule has 0 spiro atoms. The van der Waals surface area contributed by atoms with Crippen LogP contribution in [-0.4, -0.2) is 35.6 Å². The maximum absolute atomic E-state index is 12.5. The Balaban J connectivity index is 1.72. The van der Waals surface area contributed by atoms with Gasteiger partial charge in [-0.2, -0.15) is 5.10 Å². The summed E-state index contributed by atoms with van der Waals surface area (Å²) in [4.78, 5) is 17.6. The van der Waals surface area contributed by atoms with Crippen molar-refractivity contribution in [3.05, 3.63) is 70.7 Å². The molecular formula is C19H19Cl2N5O3S. The van der Waals surface area contributed by atoms with E-state index in [1.54, 1.807) is 30.3 Å². The third kappa shape index (κ3) is 5.57. The van der Waals surface area contributed by atoms with E-state index in [0.717, 1.165) is 5.56 Å². The van der Waals surface area contributed by atoms with Crippen LogP contribution in [0.5, 0.6) is 0 Å². The van der Waals surface area contributed by atoms with Crippen LogP contribution in [0.4, 0.5) is 5.69 Å². The van der Waals surface area contributed by atoms with Crippen molar-refractivity contribution in [2.45, 2.75) is 24.9 Å². The molecule has 2 aromatic carbocycles. The molecule has 0 fully saturated rings. The molecule has 0 aliphatic rings. The van der Waals surface area contributed by atoms with Gasteiger partial charge in [-0.05, 0) is 42.0 Å². The van der Waals surface area contributed by atoms with E-state index in [-0.39, 0.29) is 23.9 Å². The van der Waals surface area contributed by atoms with Gasteiger partial charge in [0.15, 0.2) is 0 Å². The van der Waals surface area contributed by atoms with Crippen LogP contribution in [0, 0.1) is 0 Å². The minimum Gasteiger partial charge on any atom is -0.308 e. The molecule has 1 heterocycles. The number of anilines is 1. The van der Waals surface area contributed by atoms with Crippen LogP contribution in [0.1, 0.15) is 12.5 Å². The number of sulfonamides is 1. The van der Waals surface area contributed by atoms with Crippen molar-refractivity contribution in [3.8, 4) is 0 Å². The molecular weight excluding hydrogens is 449 g/mol. The molecule has 0 unspecified atom stereocenters. The number of nitrogens with one attached hydrogen (secondary N) is 1. The first-order chi connectivity index (χ1) is 14.3. The Kier molecular flexibility index (Phi) is 7.09. The van der Waals surface area contributed by atoms with Crippen LogP contribution in [0.25, 0.3) is 0 Å². The highest BCUT2D eigenvalue weighted by molar-refractivity contribution is 7.89. The summed E-state index contributed by atoms with van der Waals surface area (Å²) in [5, 5.41) is 4.87. The first-order valence-electron chi connectivity index (χ1n) is 8.90. The second-order valence-corrected chi connectivity index (χ2v) is 9.00. The van der Waals surface area contributed by atoms with E-state index in [1.165, 1.54) is 41.3 Å². The maximum Gasteiger partial charge on any atom is 0.240 e. The highest BCUT2D eigenvalue weighted by Gasteiger charge is 2.17. The van der Waals surface area contributed by atoms with Crippen molar-refractivity contribution in [1.29, 1.82) is 0 Å². The zero-order valence-electron chi connectivity index (χ0n) is 16.0. The number of hydrogen-bond donors (Lipinski definition) is 1. The third-order valence-electron chi connectivity index (χ3n) is 4.28. The monoisotopic (exact) mass is 467 g/mol. The molecule has 3 rings (SSSR count). The van der Waals surface area contributed by atoms with Crippen molar-refractivity contribution in [2.24, 2.45) is 0 Å². The lowest BCUT2D eigenvalue weighted by Crippen LogP contribution is -2.29. The van der Waals surface area contributed by atoms with Crippen LogP contribution in [-0.2, 0) is 27.9 Å². The third-order valence-corrected chi connectivity index (χ3v) is 6.35. The summed E-state index contributed by atoms with van der Waals surface area (Å²) in [7, 11) is -3.70. The van der Waals surface area contributed by atoms with E-state index in [4.69, 9.17) is 23.2 Å². The van der Waals surface area contributed by atoms with Crippen molar-refractivity contribution in [3.63, 3.8) is 0 Å². The van der Waals surface area contributed by atoms with E-state index in [2.05, 4.69) is 14.8 Å². The van der Waals surface area contributed by atoms with Crippen LogP contribution in [0.3, 0.4) is 0 Å². The first-order valence-corrected chi connectivity index (χ1v) is 11.1. The molecule has 1 amide bonds. The highest BCUT2D eigenvalue weighted by Crippen LogP contribution is 2.25. The molecule has 158 valence electrons. The van der Waals surface area contributed by atoms with E-state index < -0.39 is 10.0 Å². The normalized spacial score (nSPS) is 11.4. The highest BCUT2D eigenvalue weighted by atomic mass is 35.5. The lowest BCUT2D eigenvalue weighted by molar-refractivity contribution is -0.116. The molecule has 0 aliphatic heterocycles. The summed E-state index contributed by atoms with van der Waals surface area (Å²) in [6.45, 7) is 2.19. The van der Waals surface area contributed by atoms with Crippen molar-refractivity contribution in [1.82, 2.24) is 19.5 Å². The van der Waals surface area contributed by atoms with E-state index >= 15 is 0 Å². The number of amides is 1. The summed E-state index contributed by atoms with van der Waals surface area (Å²) in [5.41, 5.74) is 1.28. The minimum absolute atomic E-state index is 0.0952. The van der Waals surface area contributed by atoms with Gasteiger partial charge in [0.25, 0.3) is 0 Å². The largest absolute Gasteiger partial charge is 0.308 e. The molecule has 0 bridgehead atoms. The Labute approximate surface area is 184 Å². The van der Waals surface area contributed by atoms with Gasteiger partial charge in [0.05, 0.1) is 18.0 Å². The molecule has 8 nitrogen and oxygen atoms in total. The average Bonchev–Trinajstić information content (AvgIpc) is 3.20. The van der Waals surface area contributed by atoms with E-state index in [1.807, 2.05) is 0 Å². The standard InChI is InChI=1S/C19H19Cl2N5O3S/c1-14(27)26(11-15-2-3-16(20)10-19(15)21)17-4-6-18(7-5-17)30(28,29)24-8-9-25-13-22-12-23-25/h2-7,10,12-13,24H,8-9,11H2,1H3. The first kappa shape index (κ1) is 22.2. The molecule has 0 saturated heterocycles. The minimum atomic E-state index is -3.70. The fourth-order valence-electron chi connectivity index (χ4n) is 2.74. The van der Waals surface area contributed by atoms with Gasteiger partial charge in [-0.15, -0.1) is 0 Å². The summed E-state index contributed by atoms with van der Waals surface area (Å²) in [6, 6.07) is 11.1. The molecule has 0 atom stereocenters. The predicted molar refractivity (Wildman–Crippen MR) is 115 cm³/mol. The topological polar surface area (TPSA) is 97.2 Å². The molecule has 3 aromatic rings. The molecule has 11 heteroatoms. The average molecular weight is 468 g/mol. The number of carbonyl (C=O) groups excluding carboxylic acids is 1. The van der Waals surface area contributed by atoms with Crippen LogP contribution >= 0.6 is 23.2 Å². The molecule has 0 aliphatic carbocycles. The fraction of sp³-hybridized carbons (Fsp3) is 0.211. The van der Waals surface area contributed by atoms with E-state index in [0.29, 0.717) is 22.3 Å². The van der Waals surface area contributed by atoms with Gasteiger partial charge >= 0.3 is 0 Å². The van der Waals surface area contributed by atoms with Gasteiger partial charge in [0, 0.05) is 29.2 Å². The Morgan fingerprint density at radius 3 is 2.50 bits per heavy atom. The summed E-state index contributed by atoms with van der Waals surface area (Å²) in [6.07, 6.45) is 2.89. The number of halogens is 2. The number of carbonyl (C=O) groups is 1. The second kappa shape index (κ2) is 9.57. The van der Waals surface area contributed by atoms with Gasteiger partial charge in [-0.25, -0.2) is 18.1 Å². The van der Waals surface area contributed by atoms with Crippen molar-refractivity contribution < 1.29 is 13.2 Å². The van der Waals surface area contributed by atoms with Gasteiger partial charge < -0.3 is 4.90 Å². The van der Waals surface area contributed by atoms with Crippen LogP contribution in [0.15, 0.2) is 60.0 Å². The van der Waals surface area contributed by atoms with Crippen molar-refractivity contribution >= 4 is 44.8 Å². The summed E-state index contributed by atoms with van der Waals surface area (Å²) < 4.78 is 29.0. The summed E-state index contributed by atoms with van der Waals surface area (Å²) in [5.74, 6) is -0.206. The summed E-state index contributed by atoms with van der Waals surface area (Å²) >= 11 is 12.1. The number of benzene rings is 2. The second-order valence-electron chi connectivity index (χ2n) is 6.39. The smallest absolute Gasteiger partial charge is 0.240 e. The zero-order valence-corrected chi connectivity index (χ0v) is 18.3. The SMILES string of the molecule is CC(=O)N(Cc1ccc(Cl)cc1Cl)c1ccc(S(=O)(=O)NCCn2cncn2)cc1. The molecule has 30 heavy (non-hydrogen) atoms. The van der Waals surface area contributed by atoms with Crippen LogP contribution in [0.2, 0.25) is 10.0 Å². The van der Waals surface area contributed by atoms with Gasteiger partial charge in [-0.1, -0.05) is 29.3 Å². The molecule has 0 saturated carbocycles. The number of aromatic nitrogens is 3. The number of hydrogen-bond acceptors (Lipinski definition) is 5. The quantitative estimate of drug-likeness (QED) is 0.548. The Morgan fingerprint density at radius 2 is 1.90 bits per heavy atom. The lowest BCUT2D eigenvalue weighted by atomic mass is 10.2. The van der Waals surface area contributed by atoms with Gasteiger partial charge in [0.1, 0.15) is 12.7 Å². The number of rotatable bonds is 8. The fourth-order valence-corrected chi connectivity index (χ4v) is 4.23. The maximum atomic E-state index is 12.5. The van der Waals surface area contributed by atoms with Crippen LogP contribution < -0.4 is 9.62 Å². The lowest BCUT2D eigenvalue weighted by Gasteiger charge is -2.22. The Morgan fingerprint density at radius 1 is 1.17 bits per heavy atom. The van der Waals surface area contributed by atoms with Crippen molar-refractivity contribution in [2.75, 3.05) is 11.4 Å². The van der Waals surface area contributed by atoms with E-state index in [9.17, 15) is 13.2 Å². The van der Waals surface area contributed by atoms with Gasteiger partial charge in [0.2, 0.25) is 15.9 Å². The zero-order chi connectivity index (χ0) is 21.7. The molecule has 1 N–H and O–H groups in total. The molecule has 0 radical (unpaired) electrons.